The largest absolute Gasteiger partial charge is 0.493 e. The summed E-state index contributed by atoms with van der Waals surface area (Å²) in [6.45, 7) is 0.615. The molecule has 0 aliphatic rings. The van der Waals surface area contributed by atoms with Gasteiger partial charge in [0.15, 0.2) is 0 Å². The number of nitrogens with one attached hydrogen (secondary N) is 1. The van der Waals surface area contributed by atoms with Crippen LogP contribution in [0, 0.1) is 0 Å². The average Bonchev–Trinajstić information content (AvgIpc) is 2.82. The Balaban J connectivity index is 0.000000956. The third-order valence-corrected chi connectivity index (χ3v) is 6.39. The molecule has 2 rings (SSSR count). The first-order valence-corrected chi connectivity index (χ1v) is 12.7. The highest BCUT2D eigenvalue weighted by Gasteiger charge is 2.38. The molecule has 0 unspecified atom stereocenters. The maximum atomic E-state index is 12.6. The summed E-state index contributed by atoms with van der Waals surface area (Å²) < 4.78 is 64.7. The van der Waals surface area contributed by atoms with Crippen molar-refractivity contribution in [1.29, 1.82) is 0 Å². The molecular formula is C21H23Cl2F3N4O8S. The van der Waals surface area contributed by atoms with Crippen LogP contribution in [0.2, 0.25) is 10.0 Å². The van der Waals surface area contributed by atoms with Gasteiger partial charge < -0.3 is 31.3 Å². The van der Waals surface area contributed by atoms with Gasteiger partial charge in [0.05, 0.1) is 11.6 Å². The van der Waals surface area contributed by atoms with Crippen molar-refractivity contribution in [3.05, 3.63) is 58.1 Å². The van der Waals surface area contributed by atoms with E-state index in [0.29, 0.717) is 24.3 Å². The Kier molecular flexibility index (Phi) is 13.1. The lowest BCUT2D eigenvalue weighted by Gasteiger charge is -2.16. The van der Waals surface area contributed by atoms with Gasteiger partial charge in [-0.2, -0.15) is 17.9 Å². The number of aliphatic carboxylic acids is 2. The van der Waals surface area contributed by atoms with Crippen molar-refractivity contribution in [3.63, 3.8) is 0 Å². The second-order valence-electron chi connectivity index (χ2n) is 7.29. The van der Waals surface area contributed by atoms with E-state index in [4.69, 9.17) is 54.1 Å². The zero-order valence-electron chi connectivity index (χ0n) is 19.7. The van der Waals surface area contributed by atoms with Crippen LogP contribution in [-0.2, 0) is 30.9 Å². The van der Waals surface area contributed by atoms with Gasteiger partial charge in [-0.15, -0.1) is 0 Å². The number of alkyl halides is 3. The van der Waals surface area contributed by atoms with Gasteiger partial charge in [0.25, 0.3) is 0 Å². The Labute approximate surface area is 230 Å². The predicted octanol–water partition coefficient (Wildman–Crippen LogP) is 2.57. The molecule has 0 radical (unpaired) electrons. The Hall–Kier alpha value is -3.47. The number of nitrogens with two attached hydrogens (primary N) is 2. The monoisotopic (exact) mass is 618 g/mol. The van der Waals surface area contributed by atoms with Crippen molar-refractivity contribution < 1.29 is 51.0 Å². The minimum Gasteiger partial charge on any atom is -0.493 e. The van der Waals surface area contributed by atoms with Gasteiger partial charge in [-0.3, -0.25) is 4.79 Å². The van der Waals surface area contributed by atoms with Crippen LogP contribution in [0.15, 0.2) is 52.5 Å². The summed E-state index contributed by atoms with van der Waals surface area (Å²) in [4.78, 5) is 25.1. The average molecular weight is 619 g/mol. The Morgan fingerprint density at radius 2 is 1.64 bits per heavy atom. The first-order valence-electron chi connectivity index (χ1n) is 10.5. The number of guanidine groups is 1. The van der Waals surface area contributed by atoms with Gasteiger partial charge in [-0.25, -0.2) is 13.2 Å². The van der Waals surface area contributed by atoms with Crippen LogP contribution in [0.3, 0.4) is 0 Å². The molecule has 2 aromatic rings. The van der Waals surface area contributed by atoms with E-state index in [1.807, 2.05) is 0 Å². The van der Waals surface area contributed by atoms with Gasteiger partial charge >= 0.3 is 18.1 Å². The van der Waals surface area contributed by atoms with E-state index in [1.54, 1.807) is 24.3 Å². The molecule has 0 saturated carbocycles. The number of carboxylic acid groups (broad SMARTS) is 2. The van der Waals surface area contributed by atoms with E-state index < -0.39 is 34.2 Å². The van der Waals surface area contributed by atoms with Crippen molar-refractivity contribution in [2.45, 2.75) is 30.0 Å². The second-order valence-corrected chi connectivity index (χ2v) is 9.82. The molecule has 0 saturated heterocycles. The van der Waals surface area contributed by atoms with Crippen molar-refractivity contribution >= 4 is 51.1 Å². The third kappa shape index (κ3) is 12.8. The van der Waals surface area contributed by atoms with E-state index in [2.05, 4.69) is 9.88 Å². The summed E-state index contributed by atoms with van der Waals surface area (Å²) in [6, 6.07) is 9.05. The first kappa shape index (κ1) is 33.6. The molecule has 0 aromatic heterocycles. The molecule has 0 amide bonds. The summed E-state index contributed by atoms with van der Waals surface area (Å²) in [5.41, 5.74) is 10.8. The fourth-order valence-electron chi connectivity index (χ4n) is 2.50. The molecule has 0 bridgehead atoms. The van der Waals surface area contributed by atoms with Crippen LogP contribution >= 0.6 is 23.2 Å². The summed E-state index contributed by atoms with van der Waals surface area (Å²) in [5.74, 6) is -3.71. The number of halogens is 5. The van der Waals surface area contributed by atoms with Crippen LogP contribution in [0.4, 0.5) is 13.2 Å². The van der Waals surface area contributed by atoms with Gasteiger partial charge in [0.1, 0.15) is 23.3 Å². The summed E-state index contributed by atoms with van der Waals surface area (Å²) >= 11 is 11.8. The predicted molar refractivity (Wildman–Crippen MR) is 134 cm³/mol. The van der Waals surface area contributed by atoms with E-state index in [-0.39, 0.29) is 33.9 Å². The number of carboxylic acids is 2. The molecule has 0 fully saturated rings. The summed E-state index contributed by atoms with van der Waals surface area (Å²) in [6.07, 6.45) is -4.65. The zero-order valence-corrected chi connectivity index (χ0v) is 22.0. The number of oxime groups is 1. The molecule has 18 heteroatoms. The van der Waals surface area contributed by atoms with Crippen LogP contribution in [-0.4, -0.2) is 62.0 Å². The summed E-state index contributed by atoms with van der Waals surface area (Å²) in [5, 5.41) is 20.1. The topological polar surface area (TPSA) is 204 Å². The normalized spacial score (nSPS) is 11.9. The van der Waals surface area contributed by atoms with Crippen LogP contribution < -0.4 is 20.9 Å². The highest BCUT2D eigenvalue weighted by molar-refractivity contribution is 7.89. The Morgan fingerprint density at radius 1 is 1.05 bits per heavy atom. The van der Waals surface area contributed by atoms with Gasteiger partial charge in [-0.05, 0) is 47.5 Å². The van der Waals surface area contributed by atoms with Gasteiger partial charge in [-0.1, -0.05) is 35.3 Å². The molecule has 216 valence electrons. The molecule has 0 aliphatic carbocycles. The van der Waals surface area contributed by atoms with E-state index >= 15 is 0 Å². The van der Waals surface area contributed by atoms with Gasteiger partial charge in [0.2, 0.25) is 16.0 Å². The van der Waals surface area contributed by atoms with E-state index in [0.717, 1.165) is 6.07 Å². The molecule has 0 aliphatic heterocycles. The quantitative estimate of drug-likeness (QED) is 0.102. The van der Waals surface area contributed by atoms with Crippen LogP contribution in [0.25, 0.3) is 0 Å². The fraction of sp³-hybridized carbons (Fsp3) is 0.286. The number of ether oxygens (including phenoxy) is 1. The minimum absolute atomic E-state index is 0.0729. The number of sulfonamides is 1. The standard InChI is InChI=1S/C19H22Cl2N4O6S.C2HF3O2/c20-13-4-7-15(21)17(11-13)32(28,29)25-16(18(26)27)10-12-2-5-14(6-3-12)30-8-1-9-31-24-19(22)23;3-2(4,5)1(6)7/h2-7,11,16,25H,1,8-10H2,(H,26,27)(H4,22,23,24);(H,6,7)/t16-;/m0./s1. The van der Waals surface area contributed by atoms with Crippen molar-refractivity contribution in [3.8, 4) is 5.75 Å². The highest BCUT2D eigenvalue weighted by Crippen LogP contribution is 2.25. The molecule has 12 nitrogen and oxygen atoms in total. The highest BCUT2D eigenvalue weighted by atomic mass is 35.5. The summed E-state index contributed by atoms with van der Waals surface area (Å²) in [7, 11) is -4.22. The van der Waals surface area contributed by atoms with E-state index in [9.17, 15) is 31.5 Å². The maximum Gasteiger partial charge on any atom is 0.490 e. The van der Waals surface area contributed by atoms with Crippen LogP contribution in [0.1, 0.15) is 12.0 Å². The first-order chi connectivity index (χ1) is 18.0. The lowest BCUT2D eigenvalue weighted by atomic mass is 10.1. The second kappa shape index (κ2) is 15.2. The van der Waals surface area contributed by atoms with Gasteiger partial charge in [0, 0.05) is 11.4 Å². The Bertz CT molecular complexity index is 1260. The molecule has 1 atom stereocenters. The molecular weight excluding hydrogens is 596 g/mol. The minimum atomic E-state index is -5.08. The fourth-order valence-corrected chi connectivity index (χ4v) is 4.46. The number of rotatable bonds is 12. The number of hydrogen-bond acceptors (Lipinski definition) is 7. The lowest BCUT2D eigenvalue weighted by Crippen LogP contribution is -2.42. The number of benzene rings is 2. The molecule has 2 aromatic carbocycles. The van der Waals surface area contributed by atoms with Crippen molar-refractivity contribution in [2.75, 3.05) is 13.2 Å². The molecule has 7 N–H and O–H groups in total. The molecule has 39 heavy (non-hydrogen) atoms. The maximum absolute atomic E-state index is 12.6. The number of hydrogen-bond donors (Lipinski definition) is 5. The number of carbonyl (C=O) groups is 2. The third-order valence-electron chi connectivity index (χ3n) is 4.20. The number of nitrogens with zero attached hydrogens (tertiary/aromatic N) is 1. The molecule has 0 spiro atoms. The smallest absolute Gasteiger partial charge is 0.490 e. The van der Waals surface area contributed by atoms with E-state index in [1.165, 1.54) is 12.1 Å². The van der Waals surface area contributed by atoms with Crippen molar-refractivity contribution in [1.82, 2.24) is 4.72 Å². The van der Waals surface area contributed by atoms with Crippen molar-refractivity contribution in [2.24, 2.45) is 16.6 Å². The van der Waals surface area contributed by atoms with Crippen LogP contribution in [0.5, 0.6) is 5.75 Å². The lowest BCUT2D eigenvalue weighted by molar-refractivity contribution is -0.192. The molecule has 0 heterocycles. The Morgan fingerprint density at radius 3 is 2.15 bits per heavy atom. The SMILES string of the molecule is NC(N)=NOCCCOc1ccc(C[C@H](NS(=O)(=O)c2cc(Cl)ccc2Cl)C(=O)O)cc1.O=C(O)C(F)(F)F. The zero-order chi connectivity index (χ0) is 29.8.